The van der Waals surface area contributed by atoms with Crippen molar-refractivity contribution in [2.24, 2.45) is 0 Å². The maximum atomic E-state index is 13.3. The van der Waals surface area contributed by atoms with Crippen LogP contribution in [0.4, 0.5) is 42.6 Å². The van der Waals surface area contributed by atoms with E-state index in [4.69, 9.17) is 19.4 Å². The number of halogens is 6. The summed E-state index contributed by atoms with van der Waals surface area (Å²) < 4.78 is 90.5. The van der Waals surface area contributed by atoms with Gasteiger partial charge in [-0.1, -0.05) is 12.1 Å². The van der Waals surface area contributed by atoms with Crippen molar-refractivity contribution in [3.8, 4) is 5.75 Å². The molecule has 5 rings (SSSR count). The molecule has 42 heavy (non-hydrogen) atoms. The van der Waals surface area contributed by atoms with Crippen molar-refractivity contribution >= 4 is 17.5 Å². The second-order valence-electron chi connectivity index (χ2n) is 9.91. The molecule has 14 heteroatoms. The van der Waals surface area contributed by atoms with Crippen molar-refractivity contribution in [3.05, 3.63) is 76.2 Å². The second-order valence-corrected chi connectivity index (χ2v) is 9.91. The first kappa shape index (κ1) is 29.4. The molecule has 0 saturated carbocycles. The lowest BCUT2D eigenvalue weighted by molar-refractivity contribution is -0.143. The van der Waals surface area contributed by atoms with Gasteiger partial charge in [-0.3, -0.25) is 0 Å². The van der Waals surface area contributed by atoms with E-state index in [2.05, 4.69) is 5.32 Å². The van der Waals surface area contributed by atoms with E-state index in [1.165, 1.54) is 4.90 Å². The van der Waals surface area contributed by atoms with Crippen LogP contribution in [-0.2, 0) is 36.5 Å². The Morgan fingerprint density at radius 3 is 2.19 bits per heavy atom. The van der Waals surface area contributed by atoms with Crippen molar-refractivity contribution in [1.29, 1.82) is 0 Å². The van der Waals surface area contributed by atoms with Gasteiger partial charge in [0.15, 0.2) is 0 Å². The predicted molar refractivity (Wildman–Crippen MR) is 140 cm³/mol. The zero-order valence-electron chi connectivity index (χ0n) is 22.5. The minimum absolute atomic E-state index is 0.0161. The Kier molecular flexibility index (Phi) is 8.17. The topological polar surface area (TPSA) is 79.8 Å². The highest BCUT2D eigenvalue weighted by molar-refractivity contribution is 5.90. The molecule has 8 nitrogen and oxygen atoms in total. The number of carbonyl (C=O) groups excluding carboxylic acids is 1. The second kappa shape index (κ2) is 11.7. The van der Waals surface area contributed by atoms with Gasteiger partial charge in [-0.05, 0) is 35.9 Å². The number of amides is 2. The Morgan fingerprint density at radius 1 is 0.952 bits per heavy atom. The molecule has 2 aromatic carbocycles. The molecule has 1 fully saturated rings. The summed E-state index contributed by atoms with van der Waals surface area (Å²) in [6.07, 6.45) is -9.28. The maximum absolute atomic E-state index is 13.3. The lowest BCUT2D eigenvalue weighted by Crippen LogP contribution is -2.42. The molecular formula is C28H27F6N5O3. The van der Waals surface area contributed by atoms with Crippen LogP contribution in [0.3, 0.4) is 0 Å². The Bertz CT molecular complexity index is 1410. The van der Waals surface area contributed by atoms with E-state index >= 15 is 0 Å². The third kappa shape index (κ3) is 6.69. The van der Waals surface area contributed by atoms with Crippen LogP contribution in [0.2, 0.25) is 0 Å². The van der Waals surface area contributed by atoms with Gasteiger partial charge in [-0.2, -0.15) is 26.3 Å². The Morgan fingerprint density at radius 2 is 1.60 bits per heavy atom. The largest absolute Gasteiger partial charge is 0.497 e. The molecule has 1 saturated heterocycles. The summed E-state index contributed by atoms with van der Waals surface area (Å²) in [6, 6.07) is 7.67. The van der Waals surface area contributed by atoms with Crippen LogP contribution < -0.4 is 15.0 Å². The van der Waals surface area contributed by atoms with Crippen LogP contribution in [0.5, 0.6) is 5.75 Å². The van der Waals surface area contributed by atoms with Crippen molar-refractivity contribution in [3.63, 3.8) is 0 Å². The number of hydrogen-bond acceptors (Lipinski definition) is 6. The maximum Gasteiger partial charge on any atom is 0.416 e. The van der Waals surface area contributed by atoms with Crippen molar-refractivity contribution in [2.75, 3.05) is 50.2 Å². The molecule has 0 aliphatic carbocycles. The van der Waals surface area contributed by atoms with Crippen molar-refractivity contribution in [1.82, 2.24) is 14.9 Å². The zero-order chi connectivity index (χ0) is 30.1. The number of anilines is 2. The van der Waals surface area contributed by atoms with Crippen molar-refractivity contribution < 1.29 is 40.6 Å². The van der Waals surface area contributed by atoms with Crippen LogP contribution in [0, 0.1) is 0 Å². The van der Waals surface area contributed by atoms with E-state index in [1.807, 2.05) is 29.2 Å². The summed E-state index contributed by atoms with van der Waals surface area (Å²) in [5, 5.41) is 2.22. The number of nitrogens with zero attached hydrogens (tertiary/aromatic N) is 4. The lowest BCUT2D eigenvalue weighted by atomic mass is 10.0. The number of fused-ring (bicyclic) bond motifs is 1. The summed E-state index contributed by atoms with van der Waals surface area (Å²) in [5.41, 5.74) is -1.24. The number of rotatable bonds is 5. The molecule has 1 N–H and O–H groups in total. The van der Waals surface area contributed by atoms with Crippen LogP contribution >= 0.6 is 0 Å². The fraction of sp³-hybridized carbons (Fsp3) is 0.393. The van der Waals surface area contributed by atoms with E-state index in [0.29, 0.717) is 68.5 Å². The highest BCUT2D eigenvalue weighted by Gasteiger charge is 2.37. The molecule has 3 aromatic rings. The predicted octanol–water partition coefficient (Wildman–Crippen LogP) is 5.54. The molecular weight excluding hydrogens is 568 g/mol. The monoisotopic (exact) mass is 595 g/mol. The Hall–Kier alpha value is -4.07. The van der Waals surface area contributed by atoms with Gasteiger partial charge in [0.05, 0.1) is 43.7 Å². The minimum Gasteiger partial charge on any atom is -0.497 e. The molecule has 2 aliphatic heterocycles. The van der Waals surface area contributed by atoms with Gasteiger partial charge in [-0.25, -0.2) is 14.8 Å². The van der Waals surface area contributed by atoms with Crippen molar-refractivity contribution in [2.45, 2.75) is 31.7 Å². The standard InChI is InChI=1S/C28H27F6N5O3/c1-41-21-4-2-17(3-5-21)12-24-36-23-6-7-39(16-22(23)25(37-24)38-8-10-42-11-9-38)26(40)35-20-14-18(27(29,30)31)13-19(15-20)28(32,33)34/h2-5,13-15H,6-12,16H2,1H3,(H,35,40). The summed E-state index contributed by atoms with van der Waals surface area (Å²) in [7, 11) is 1.58. The van der Waals surface area contributed by atoms with Gasteiger partial charge >= 0.3 is 18.4 Å². The number of methoxy groups -OCH3 is 1. The molecule has 0 unspecified atom stereocenters. The highest BCUT2D eigenvalue weighted by atomic mass is 19.4. The average molecular weight is 596 g/mol. The summed E-state index contributed by atoms with van der Waals surface area (Å²) in [5.74, 6) is 1.93. The molecule has 3 heterocycles. The number of alkyl halides is 6. The summed E-state index contributed by atoms with van der Waals surface area (Å²) in [6.45, 7) is 2.26. The third-order valence-electron chi connectivity index (χ3n) is 7.04. The first-order valence-electron chi connectivity index (χ1n) is 13.1. The molecule has 1 aromatic heterocycles. The summed E-state index contributed by atoms with van der Waals surface area (Å²) in [4.78, 5) is 26.0. The van der Waals surface area contributed by atoms with Crippen LogP contribution in [-0.4, -0.2) is 60.9 Å². The Balaban J connectivity index is 1.41. The van der Waals surface area contributed by atoms with Gasteiger partial charge < -0.3 is 24.6 Å². The van der Waals surface area contributed by atoms with E-state index < -0.39 is 35.2 Å². The fourth-order valence-corrected chi connectivity index (χ4v) is 4.89. The van der Waals surface area contributed by atoms with Crippen LogP contribution in [0.15, 0.2) is 42.5 Å². The van der Waals surface area contributed by atoms with Crippen LogP contribution in [0.25, 0.3) is 0 Å². The minimum atomic E-state index is -5.03. The number of aromatic nitrogens is 2. The SMILES string of the molecule is COc1ccc(Cc2nc3c(c(N4CCOCC4)n2)CN(C(=O)Nc2cc(C(F)(F)F)cc(C(F)(F)F)c2)CC3)cc1. The van der Waals surface area contributed by atoms with E-state index in [0.717, 1.165) is 17.0 Å². The first-order valence-corrected chi connectivity index (χ1v) is 13.1. The summed E-state index contributed by atoms with van der Waals surface area (Å²) >= 11 is 0. The fourth-order valence-electron chi connectivity index (χ4n) is 4.89. The zero-order valence-corrected chi connectivity index (χ0v) is 22.5. The van der Waals surface area contributed by atoms with Gasteiger partial charge in [0.25, 0.3) is 0 Å². The molecule has 0 bridgehead atoms. The molecule has 224 valence electrons. The highest BCUT2D eigenvalue weighted by Crippen LogP contribution is 2.38. The molecule has 0 radical (unpaired) electrons. The quantitative estimate of drug-likeness (QED) is 0.391. The molecule has 2 aliphatic rings. The lowest BCUT2D eigenvalue weighted by Gasteiger charge is -2.34. The number of nitrogens with one attached hydrogen (secondary N) is 1. The average Bonchev–Trinajstić information content (AvgIpc) is 2.96. The van der Waals surface area contributed by atoms with Gasteiger partial charge in [-0.15, -0.1) is 0 Å². The molecule has 0 atom stereocenters. The Labute approximate surface area is 237 Å². The van der Waals surface area contributed by atoms with Crippen LogP contribution in [0.1, 0.15) is 33.8 Å². The number of ether oxygens (including phenoxy) is 2. The number of benzene rings is 2. The smallest absolute Gasteiger partial charge is 0.416 e. The van der Waals surface area contributed by atoms with Gasteiger partial charge in [0.2, 0.25) is 0 Å². The number of carbonyl (C=O) groups is 1. The van der Waals surface area contributed by atoms with E-state index in [-0.39, 0.29) is 19.2 Å². The van der Waals surface area contributed by atoms with Gasteiger partial charge in [0.1, 0.15) is 17.4 Å². The van der Waals surface area contributed by atoms with E-state index in [1.54, 1.807) is 7.11 Å². The van der Waals surface area contributed by atoms with E-state index in [9.17, 15) is 31.1 Å². The number of morpholine rings is 1. The number of urea groups is 1. The van der Waals surface area contributed by atoms with Gasteiger partial charge in [0, 0.05) is 43.7 Å². The first-order chi connectivity index (χ1) is 19.9. The normalized spacial score (nSPS) is 15.8. The number of hydrogen-bond donors (Lipinski definition) is 1. The third-order valence-corrected chi connectivity index (χ3v) is 7.04. The molecule has 0 spiro atoms. The molecule has 2 amide bonds.